The van der Waals surface area contributed by atoms with Crippen LogP contribution in [-0.2, 0) is 4.79 Å². The molecule has 1 atom stereocenters. The highest BCUT2D eigenvalue weighted by Crippen LogP contribution is 1.95. The van der Waals surface area contributed by atoms with E-state index in [4.69, 9.17) is 0 Å². The van der Waals surface area contributed by atoms with Crippen molar-refractivity contribution in [2.24, 2.45) is 0 Å². The first-order valence-corrected chi connectivity index (χ1v) is 4.24. The van der Waals surface area contributed by atoms with Gasteiger partial charge in [0.2, 0.25) is 0 Å². The summed E-state index contributed by atoms with van der Waals surface area (Å²) in [7, 11) is 0. The summed E-state index contributed by atoms with van der Waals surface area (Å²) in [6, 6.07) is -0.0671. The van der Waals surface area contributed by atoms with Gasteiger partial charge in [0.25, 0.3) is 0 Å². The van der Waals surface area contributed by atoms with Gasteiger partial charge in [-0.25, -0.2) is 5.32 Å². The molecule has 1 rings (SSSR count). The lowest BCUT2D eigenvalue weighted by atomic mass is 10.1. The highest BCUT2D eigenvalue weighted by Gasteiger charge is 2.17. The van der Waals surface area contributed by atoms with Gasteiger partial charge in [-0.3, -0.25) is 4.79 Å². The molecular weight excluding hydrogens is 140 g/mol. The van der Waals surface area contributed by atoms with Crippen LogP contribution in [0.25, 0.3) is 0 Å². The van der Waals surface area contributed by atoms with Gasteiger partial charge in [0.1, 0.15) is 0 Å². The molecule has 1 saturated heterocycles. The number of hydrogen-bond donors (Lipinski definition) is 1. The molecule has 0 aromatic carbocycles. The summed E-state index contributed by atoms with van der Waals surface area (Å²) in [6.07, 6.45) is 1.67. The molecule has 0 amide bonds. The van der Waals surface area contributed by atoms with Crippen LogP contribution >= 0.6 is 0 Å². The molecule has 0 saturated carbocycles. The second kappa shape index (κ2) is 4.46. The van der Waals surface area contributed by atoms with E-state index in [-0.39, 0.29) is 11.8 Å². The minimum Gasteiger partial charge on any atom is -0.315 e. The van der Waals surface area contributed by atoms with E-state index >= 15 is 0 Å². The number of Topliss-reactive ketones (excluding diaryl/α,β-unsaturated/α-hetero) is 1. The predicted octanol–water partition coefficient (Wildman–Crippen LogP) is -0.0682. The molecule has 3 nitrogen and oxygen atoms in total. The Morgan fingerprint density at radius 1 is 1.73 bits per heavy atom. The fourth-order valence-corrected chi connectivity index (χ4v) is 1.21. The first-order chi connectivity index (χ1) is 5.34. The fourth-order valence-electron chi connectivity index (χ4n) is 1.21. The molecule has 1 radical (unpaired) electrons. The minimum atomic E-state index is -0.0671. The Bertz CT molecular complexity index is 128. The van der Waals surface area contributed by atoms with Crippen LogP contribution in [0.4, 0.5) is 0 Å². The molecule has 1 heterocycles. The molecule has 0 aliphatic carbocycles. The zero-order chi connectivity index (χ0) is 8.10. The van der Waals surface area contributed by atoms with Crippen LogP contribution in [0, 0.1) is 0 Å². The second-order valence-corrected chi connectivity index (χ2v) is 2.80. The molecule has 1 N–H and O–H groups in total. The van der Waals surface area contributed by atoms with Crippen LogP contribution in [0.1, 0.15) is 19.8 Å². The lowest BCUT2D eigenvalue weighted by molar-refractivity contribution is -0.120. The fraction of sp³-hybridized carbons (Fsp3) is 0.875. The van der Waals surface area contributed by atoms with E-state index in [1.807, 2.05) is 6.92 Å². The average Bonchev–Trinajstić information content (AvgIpc) is 2.30. The summed E-state index contributed by atoms with van der Waals surface area (Å²) < 4.78 is 0. The van der Waals surface area contributed by atoms with Gasteiger partial charge in [0, 0.05) is 19.5 Å². The van der Waals surface area contributed by atoms with Gasteiger partial charge < -0.3 is 5.32 Å². The maximum Gasteiger partial charge on any atom is 0.152 e. The molecule has 0 spiro atoms. The Kier molecular flexibility index (Phi) is 3.52. The average molecular weight is 155 g/mol. The van der Waals surface area contributed by atoms with Crippen molar-refractivity contribution in [3.05, 3.63) is 0 Å². The molecule has 1 aliphatic rings. The third-order valence-electron chi connectivity index (χ3n) is 1.92. The topological polar surface area (TPSA) is 43.2 Å². The molecule has 3 heteroatoms. The number of hydrogen-bond acceptors (Lipinski definition) is 2. The molecule has 11 heavy (non-hydrogen) atoms. The Hall–Kier alpha value is -0.410. The summed E-state index contributed by atoms with van der Waals surface area (Å²) in [5, 5.41) is 7.48. The van der Waals surface area contributed by atoms with Crippen molar-refractivity contribution in [2.45, 2.75) is 25.8 Å². The van der Waals surface area contributed by atoms with Crippen LogP contribution in [-0.4, -0.2) is 31.5 Å². The third-order valence-corrected chi connectivity index (χ3v) is 1.92. The molecule has 0 bridgehead atoms. The number of rotatable bonds is 2. The zero-order valence-electron chi connectivity index (χ0n) is 6.97. The SMILES string of the molecule is CCC(=O)C1CNCCC[N]1. The molecule has 63 valence electrons. The van der Waals surface area contributed by atoms with Crippen LogP contribution < -0.4 is 10.6 Å². The Labute approximate surface area is 67.5 Å². The molecule has 1 aliphatic heterocycles. The van der Waals surface area contributed by atoms with Gasteiger partial charge in [0.05, 0.1) is 6.04 Å². The minimum absolute atomic E-state index is 0.0671. The van der Waals surface area contributed by atoms with E-state index in [2.05, 4.69) is 10.6 Å². The maximum absolute atomic E-state index is 11.2. The van der Waals surface area contributed by atoms with Gasteiger partial charge in [-0.05, 0) is 13.0 Å². The standard InChI is InChI=1S/C8H15N2O/c1-2-8(11)7-6-9-4-3-5-10-7/h7,9H,2-6H2,1H3. The monoisotopic (exact) mass is 155 g/mol. The van der Waals surface area contributed by atoms with Crippen molar-refractivity contribution in [3.8, 4) is 0 Å². The summed E-state index contributed by atoms with van der Waals surface area (Å²) >= 11 is 0. The number of carbonyl (C=O) groups excluding carboxylic acids is 1. The Morgan fingerprint density at radius 3 is 3.27 bits per heavy atom. The van der Waals surface area contributed by atoms with E-state index in [0.29, 0.717) is 6.42 Å². The van der Waals surface area contributed by atoms with Gasteiger partial charge in [-0.1, -0.05) is 6.92 Å². The summed E-state index contributed by atoms with van der Waals surface area (Å²) in [5.41, 5.74) is 0. The van der Waals surface area contributed by atoms with E-state index in [1.54, 1.807) is 0 Å². The largest absolute Gasteiger partial charge is 0.315 e. The summed E-state index contributed by atoms with van der Waals surface area (Å²) in [5.74, 6) is 0.263. The highest BCUT2D eigenvalue weighted by atomic mass is 16.1. The smallest absolute Gasteiger partial charge is 0.152 e. The van der Waals surface area contributed by atoms with Crippen molar-refractivity contribution < 1.29 is 4.79 Å². The lowest BCUT2D eigenvalue weighted by Crippen LogP contribution is -2.37. The highest BCUT2D eigenvalue weighted by molar-refractivity contribution is 5.83. The molecule has 0 aromatic rings. The first-order valence-electron chi connectivity index (χ1n) is 4.24. The van der Waals surface area contributed by atoms with E-state index < -0.39 is 0 Å². The van der Waals surface area contributed by atoms with Crippen LogP contribution in [0.3, 0.4) is 0 Å². The van der Waals surface area contributed by atoms with Gasteiger partial charge in [-0.15, -0.1) is 0 Å². The lowest BCUT2D eigenvalue weighted by Gasteiger charge is -2.10. The van der Waals surface area contributed by atoms with Gasteiger partial charge in [0.15, 0.2) is 5.78 Å². The summed E-state index contributed by atoms with van der Waals surface area (Å²) in [4.78, 5) is 11.2. The molecule has 1 fully saturated rings. The number of nitrogens with zero attached hydrogens (tertiary/aromatic N) is 1. The van der Waals surface area contributed by atoms with Crippen molar-refractivity contribution in [1.29, 1.82) is 0 Å². The second-order valence-electron chi connectivity index (χ2n) is 2.80. The molecule has 0 aromatic heterocycles. The number of carbonyl (C=O) groups is 1. The molecule has 1 unspecified atom stereocenters. The maximum atomic E-state index is 11.2. The van der Waals surface area contributed by atoms with Crippen molar-refractivity contribution in [3.63, 3.8) is 0 Å². The van der Waals surface area contributed by atoms with E-state index in [1.165, 1.54) is 0 Å². The van der Waals surface area contributed by atoms with Crippen molar-refractivity contribution >= 4 is 5.78 Å². The van der Waals surface area contributed by atoms with Crippen LogP contribution in [0.15, 0.2) is 0 Å². The van der Waals surface area contributed by atoms with Crippen LogP contribution in [0.2, 0.25) is 0 Å². The van der Waals surface area contributed by atoms with Crippen molar-refractivity contribution in [2.75, 3.05) is 19.6 Å². The predicted molar refractivity (Wildman–Crippen MR) is 43.6 cm³/mol. The van der Waals surface area contributed by atoms with Crippen LogP contribution in [0.5, 0.6) is 0 Å². The number of nitrogens with one attached hydrogen (secondary N) is 1. The van der Waals surface area contributed by atoms with Gasteiger partial charge >= 0.3 is 0 Å². The Balaban J connectivity index is 2.36. The molecular formula is C8H15N2O. The van der Waals surface area contributed by atoms with Gasteiger partial charge in [-0.2, -0.15) is 0 Å². The third kappa shape index (κ3) is 2.60. The first kappa shape index (κ1) is 8.68. The normalized spacial score (nSPS) is 26.1. The van der Waals surface area contributed by atoms with E-state index in [0.717, 1.165) is 26.1 Å². The van der Waals surface area contributed by atoms with E-state index in [9.17, 15) is 4.79 Å². The summed E-state index contributed by atoms with van der Waals surface area (Å²) in [6.45, 7) is 4.47. The van der Waals surface area contributed by atoms with Crippen molar-refractivity contribution in [1.82, 2.24) is 10.6 Å². The number of ketones is 1. The zero-order valence-corrected chi connectivity index (χ0v) is 6.97. The quantitative estimate of drug-likeness (QED) is 0.606. The Morgan fingerprint density at radius 2 is 2.55 bits per heavy atom.